The van der Waals surface area contributed by atoms with Gasteiger partial charge in [0, 0.05) is 30.7 Å². The molecule has 0 radical (unpaired) electrons. The van der Waals surface area contributed by atoms with Crippen molar-refractivity contribution in [2.45, 2.75) is 27.0 Å². The van der Waals surface area contributed by atoms with Crippen molar-refractivity contribution in [3.63, 3.8) is 0 Å². The molecule has 0 unspecified atom stereocenters. The van der Waals surface area contributed by atoms with Crippen molar-refractivity contribution in [3.05, 3.63) is 89.0 Å². The molecule has 184 valence electrons. The number of methoxy groups -OCH3 is 1. The Kier molecular flexibility index (Phi) is 7.00. The number of rotatable bonds is 6. The Morgan fingerprint density at radius 3 is 2.47 bits per heavy atom. The second kappa shape index (κ2) is 10.3. The van der Waals surface area contributed by atoms with Crippen LogP contribution in [-0.4, -0.2) is 35.8 Å². The van der Waals surface area contributed by atoms with Crippen molar-refractivity contribution in [2.24, 2.45) is 5.10 Å². The summed E-state index contributed by atoms with van der Waals surface area (Å²) in [7, 11) is 1.50. The number of nitrogens with one attached hydrogen (secondary N) is 1. The highest BCUT2D eigenvalue weighted by atomic mass is 16.5. The van der Waals surface area contributed by atoms with Gasteiger partial charge < -0.3 is 19.5 Å². The molecule has 9 nitrogen and oxygen atoms in total. The van der Waals surface area contributed by atoms with Crippen molar-refractivity contribution in [1.82, 2.24) is 5.01 Å². The van der Waals surface area contributed by atoms with Gasteiger partial charge in [0.2, 0.25) is 18.0 Å². The number of esters is 1. The number of hydrogen-bond donors (Lipinski definition) is 1. The molecule has 0 fully saturated rings. The molecule has 1 N–H and O–H groups in total. The van der Waals surface area contributed by atoms with Crippen LogP contribution in [0, 0.1) is 6.92 Å². The quantitative estimate of drug-likeness (QED) is 0.408. The number of carbonyl (C=O) groups excluding carboxylic acids is 3. The van der Waals surface area contributed by atoms with Gasteiger partial charge in [-0.15, -0.1) is 5.10 Å². The first-order valence-electron chi connectivity index (χ1n) is 11.2. The fourth-order valence-electron chi connectivity index (χ4n) is 3.73. The second-order valence-electron chi connectivity index (χ2n) is 8.09. The molecule has 1 heterocycles. The van der Waals surface area contributed by atoms with E-state index in [1.165, 1.54) is 26.0 Å². The van der Waals surface area contributed by atoms with E-state index >= 15 is 0 Å². The molecule has 9 heteroatoms. The van der Waals surface area contributed by atoms with Crippen molar-refractivity contribution in [1.29, 1.82) is 0 Å². The molecule has 0 aliphatic carbocycles. The molecule has 3 aromatic rings. The van der Waals surface area contributed by atoms with E-state index in [-0.39, 0.29) is 23.5 Å². The predicted octanol–water partition coefficient (Wildman–Crippen LogP) is 4.42. The van der Waals surface area contributed by atoms with E-state index in [1.807, 2.05) is 19.1 Å². The van der Waals surface area contributed by atoms with Crippen LogP contribution in [0.1, 0.15) is 47.1 Å². The highest BCUT2D eigenvalue weighted by Crippen LogP contribution is 2.35. The lowest BCUT2D eigenvalue weighted by Gasteiger charge is -2.20. The normalized spacial score (nSPS) is 14.5. The average molecular weight is 488 g/mol. The zero-order valence-electron chi connectivity index (χ0n) is 20.3. The van der Waals surface area contributed by atoms with Crippen LogP contribution in [0.15, 0.2) is 71.8 Å². The summed E-state index contributed by atoms with van der Waals surface area (Å²) in [5.74, 6) is -0.338. The summed E-state index contributed by atoms with van der Waals surface area (Å²) >= 11 is 0. The second-order valence-corrected chi connectivity index (χ2v) is 8.09. The number of anilines is 1. The first-order valence-corrected chi connectivity index (χ1v) is 11.2. The van der Waals surface area contributed by atoms with Crippen LogP contribution in [-0.2, 0) is 14.3 Å². The first-order chi connectivity index (χ1) is 17.3. The van der Waals surface area contributed by atoms with Crippen LogP contribution >= 0.6 is 0 Å². The summed E-state index contributed by atoms with van der Waals surface area (Å²) < 4.78 is 16.7. The lowest BCUT2D eigenvalue weighted by atomic mass is 10.1. The average Bonchev–Trinajstić information content (AvgIpc) is 3.30. The SMILES string of the molecule is COc1ccc(OC(C)=O)c(C2=NN(C(C)=O)[C@@H](c3cccc(NC(=O)c4ccccc4C)c3)O2)c1. The summed E-state index contributed by atoms with van der Waals surface area (Å²) in [6.07, 6.45) is -0.899. The Hall–Kier alpha value is -4.66. The number of carbonyl (C=O) groups is 3. The third-order valence-corrected chi connectivity index (χ3v) is 5.46. The Morgan fingerprint density at radius 1 is 1.00 bits per heavy atom. The maximum atomic E-state index is 12.8. The molecule has 36 heavy (non-hydrogen) atoms. The zero-order valence-corrected chi connectivity index (χ0v) is 20.3. The van der Waals surface area contributed by atoms with Crippen LogP contribution in [0.2, 0.25) is 0 Å². The van der Waals surface area contributed by atoms with Gasteiger partial charge in [0.15, 0.2) is 0 Å². The summed E-state index contributed by atoms with van der Waals surface area (Å²) in [6.45, 7) is 4.52. The Balaban J connectivity index is 1.64. The zero-order chi connectivity index (χ0) is 25.8. The van der Waals surface area contributed by atoms with E-state index < -0.39 is 12.2 Å². The molecule has 4 rings (SSSR count). The highest BCUT2D eigenvalue weighted by molar-refractivity contribution is 6.05. The predicted molar refractivity (Wildman–Crippen MR) is 133 cm³/mol. The van der Waals surface area contributed by atoms with E-state index in [0.717, 1.165) is 5.56 Å². The van der Waals surface area contributed by atoms with Gasteiger partial charge in [0.05, 0.1) is 12.7 Å². The fraction of sp³-hybridized carbons (Fsp3) is 0.185. The van der Waals surface area contributed by atoms with Gasteiger partial charge in [-0.1, -0.05) is 30.3 Å². The molecule has 0 spiro atoms. The van der Waals surface area contributed by atoms with Gasteiger partial charge in [-0.25, -0.2) is 0 Å². The van der Waals surface area contributed by atoms with Crippen LogP contribution < -0.4 is 14.8 Å². The summed E-state index contributed by atoms with van der Waals surface area (Å²) in [5.41, 5.74) is 2.88. The molecule has 0 bridgehead atoms. The maximum absolute atomic E-state index is 12.8. The molecule has 0 aromatic heterocycles. The molecule has 1 atom stereocenters. The van der Waals surface area contributed by atoms with E-state index in [4.69, 9.17) is 14.2 Å². The van der Waals surface area contributed by atoms with E-state index in [0.29, 0.717) is 28.1 Å². The minimum Gasteiger partial charge on any atom is -0.497 e. The molecule has 1 aliphatic heterocycles. The molecule has 3 aromatic carbocycles. The van der Waals surface area contributed by atoms with Crippen LogP contribution in [0.5, 0.6) is 11.5 Å². The fourth-order valence-corrected chi connectivity index (χ4v) is 3.73. The van der Waals surface area contributed by atoms with Crippen molar-refractivity contribution < 1.29 is 28.6 Å². The number of aryl methyl sites for hydroxylation is 1. The van der Waals surface area contributed by atoms with Crippen LogP contribution in [0.4, 0.5) is 5.69 Å². The van der Waals surface area contributed by atoms with E-state index in [2.05, 4.69) is 10.4 Å². The van der Waals surface area contributed by atoms with Gasteiger partial charge in [0.25, 0.3) is 5.91 Å². The van der Waals surface area contributed by atoms with Crippen molar-refractivity contribution >= 4 is 29.4 Å². The third kappa shape index (κ3) is 5.20. The summed E-state index contributed by atoms with van der Waals surface area (Å²) in [4.78, 5) is 36.8. The lowest BCUT2D eigenvalue weighted by molar-refractivity contribution is -0.135. The summed E-state index contributed by atoms with van der Waals surface area (Å²) in [5, 5.41) is 8.43. The molecule has 0 saturated carbocycles. The highest BCUT2D eigenvalue weighted by Gasteiger charge is 2.34. The van der Waals surface area contributed by atoms with Gasteiger partial charge in [-0.05, 0) is 48.9 Å². The molecule has 2 amide bonds. The maximum Gasteiger partial charge on any atom is 0.308 e. The smallest absolute Gasteiger partial charge is 0.308 e. The van der Waals surface area contributed by atoms with Gasteiger partial charge in [-0.3, -0.25) is 14.4 Å². The number of hydrazone groups is 1. The molecule has 0 saturated heterocycles. The largest absolute Gasteiger partial charge is 0.497 e. The number of hydrogen-bond acceptors (Lipinski definition) is 7. The first kappa shape index (κ1) is 24.5. The standard InChI is InChI=1S/C27H25N3O6/c1-16-8-5-6-11-22(16)25(33)28-20-10-7-9-19(14-20)27-30(17(2)31)29-26(36-27)23-15-21(34-4)12-13-24(23)35-18(3)32/h5-15,27H,1-4H3,(H,28,33)/t27-/m1/s1. The number of ether oxygens (including phenoxy) is 3. The third-order valence-electron chi connectivity index (χ3n) is 5.46. The summed E-state index contributed by atoms with van der Waals surface area (Å²) in [6, 6.07) is 19.1. The number of amides is 2. The minimum atomic E-state index is -0.899. The van der Waals surface area contributed by atoms with Gasteiger partial charge >= 0.3 is 5.97 Å². The van der Waals surface area contributed by atoms with Gasteiger partial charge in [-0.2, -0.15) is 5.01 Å². The Bertz CT molecular complexity index is 1370. The molecule has 1 aliphatic rings. The lowest BCUT2D eigenvalue weighted by Crippen LogP contribution is -2.25. The van der Waals surface area contributed by atoms with E-state index in [1.54, 1.807) is 54.6 Å². The van der Waals surface area contributed by atoms with Crippen molar-refractivity contribution in [3.8, 4) is 11.5 Å². The Morgan fingerprint density at radius 2 is 1.78 bits per heavy atom. The molecular weight excluding hydrogens is 462 g/mol. The Labute approximate surface area is 208 Å². The van der Waals surface area contributed by atoms with Crippen LogP contribution in [0.25, 0.3) is 0 Å². The minimum absolute atomic E-state index is 0.0831. The number of nitrogens with zero attached hydrogens (tertiary/aromatic N) is 2. The molecular formula is C27H25N3O6. The van der Waals surface area contributed by atoms with E-state index in [9.17, 15) is 14.4 Å². The van der Waals surface area contributed by atoms with Gasteiger partial charge in [0.1, 0.15) is 11.5 Å². The topological polar surface area (TPSA) is 107 Å². The van der Waals surface area contributed by atoms with Crippen molar-refractivity contribution in [2.75, 3.05) is 12.4 Å². The monoisotopic (exact) mass is 487 g/mol. The number of benzene rings is 3. The van der Waals surface area contributed by atoms with Crippen LogP contribution in [0.3, 0.4) is 0 Å².